The van der Waals surface area contributed by atoms with Gasteiger partial charge in [-0.1, -0.05) is 68.3 Å². The van der Waals surface area contributed by atoms with Gasteiger partial charge in [-0.15, -0.1) is 0 Å². The number of rotatable bonds is 6. The van der Waals surface area contributed by atoms with Crippen LogP contribution in [-0.4, -0.2) is 42.3 Å². The fraction of sp³-hybridized carbons (Fsp3) is 0.292. The Balaban J connectivity index is 1.62. The van der Waals surface area contributed by atoms with E-state index in [1.165, 1.54) is 0 Å². The molecule has 7 nitrogen and oxygen atoms in total. The van der Waals surface area contributed by atoms with Gasteiger partial charge in [-0.3, -0.25) is 4.79 Å². The molecule has 1 aliphatic carbocycles. The molecular weight excluding hydrogens is 396 g/mol. The lowest BCUT2D eigenvalue weighted by atomic mass is 9.98. The van der Waals surface area contributed by atoms with Crippen molar-refractivity contribution in [1.29, 1.82) is 0 Å². The monoisotopic (exact) mass is 420 g/mol. The molecule has 31 heavy (non-hydrogen) atoms. The predicted molar refractivity (Wildman–Crippen MR) is 115 cm³/mol. The summed E-state index contributed by atoms with van der Waals surface area (Å²) in [5.74, 6) is 2.23. The third-order valence-corrected chi connectivity index (χ3v) is 5.11. The number of ether oxygens (including phenoxy) is 1. The van der Waals surface area contributed by atoms with E-state index in [4.69, 9.17) is 9.84 Å². The largest absolute Gasteiger partial charge is 0.472 e. The fourth-order valence-electron chi connectivity index (χ4n) is 3.66. The molecule has 0 heterocycles. The van der Waals surface area contributed by atoms with Gasteiger partial charge >= 0.3 is 12.1 Å². The van der Waals surface area contributed by atoms with E-state index >= 15 is 0 Å². The zero-order valence-electron chi connectivity index (χ0n) is 17.3. The van der Waals surface area contributed by atoms with E-state index in [9.17, 15) is 14.4 Å². The molecule has 2 aromatic carbocycles. The highest BCUT2D eigenvalue weighted by Gasteiger charge is 2.30. The lowest BCUT2D eigenvalue weighted by Gasteiger charge is -2.22. The minimum absolute atomic E-state index is 0.0734. The molecular formula is C24H24N2O5. The maximum atomic E-state index is 12.4. The zero-order valence-corrected chi connectivity index (χ0v) is 17.3. The number of nitrogens with one attached hydrogen (secondary N) is 2. The van der Waals surface area contributed by atoms with Crippen molar-refractivity contribution in [2.45, 2.75) is 25.8 Å². The number of benzene rings is 2. The molecule has 160 valence electrons. The quantitative estimate of drug-likeness (QED) is 0.624. The molecule has 0 aliphatic heterocycles. The summed E-state index contributed by atoms with van der Waals surface area (Å²) in [6, 6.07) is 15.2. The first kappa shape index (κ1) is 21.9. The molecule has 0 fully saturated rings. The number of hydrogen-bond donors (Lipinski definition) is 3. The predicted octanol–water partition coefficient (Wildman–Crippen LogP) is 2.75. The van der Waals surface area contributed by atoms with Gasteiger partial charge in [0.15, 0.2) is 0 Å². The van der Waals surface area contributed by atoms with Crippen LogP contribution in [0.4, 0.5) is 4.79 Å². The van der Waals surface area contributed by atoms with Gasteiger partial charge < -0.3 is 20.5 Å². The van der Waals surface area contributed by atoms with E-state index < -0.39 is 24.0 Å². The summed E-state index contributed by atoms with van der Waals surface area (Å²) < 4.78 is 5.49. The highest BCUT2D eigenvalue weighted by Crippen LogP contribution is 2.44. The average molecular weight is 420 g/mol. The zero-order chi connectivity index (χ0) is 22.4. The number of aliphatic carboxylic acids is 1. The van der Waals surface area contributed by atoms with Crippen LogP contribution in [0.1, 0.15) is 30.9 Å². The lowest BCUT2D eigenvalue weighted by Crippen LogP contribution is -2.50. The average Bonchev–Trinajstić information content (AvgIpc) is 3.07. The Morgan fingerprint density at radius 2 is 1.61 bits per heavy atom. The number of carboxylic acid groups (broad SMARTS) is 1. The van der Waals surface area contributed by atoms with Crippen LogP contribution in [0.5, 0.6) is 0 Å². The second kappa shape index (κ2) is 9.81. The molecule has 0 unspecified atom stereocenters. The van der Waals surface area contributed by atoms with Gasteiger partial charge in [0.1, 0.15) is 12.6 Å². The first-order chi connectivity index (χ1) is 14.9. The summed E-state index contributed by atoms with van der Waals surface area (Å²) in [7, 11) is 0. The van der Waals surface area contributed by atoms with Crippen molar-refractivity contribution < 1.29 is 24.2 Å². The third-order valence-electron chi connectivity index (χ3n) is 5.11. The summed E-state index contributed by atoms with van der Waals surface area (Å²) in [4.78, 5) is 35.2. The number of carbonyl (C=O) groups is 3. The van der Waals surface area contributed by atoms with Crippen molar-refractivity contribution >= 4 is 18.0 Å². The van der Waals surface area contributed by atoms with Crippen molar-refractivity contribution in [2.24, 2.45) is 5.92 Å². The Morgan fingerprint density at radius 3 is 2.16 bits per heavy atom. The molecule has 7 heteroatoms. The summed E-state index contributed by atoms with van der Waals surface area (Å²) in [5, 5.41) is 13.6. The molecule has 1 atom stereocenters. The lowest BCUT2D eigenvalue weighted by molar-refractivity contribution is -0.130. The van der Waals surface area contributed by atoms with Crippen LogP contribution in [0.2, 0.25) is 0 Å². The molecule has 0 saturated carbocycles. The Hall–Kier alpha value is -3.79. The standard InChI is InChI=1S/C24H24N2O5/c1-15(2)22(23(29)25-13-7-12-21(27)28)26-24(30)31-14-20-18-10-5-3-8-16(18)17-9-4-6-11-19(17)20/h3-6,8-11,15,20,22H,13-14H2,1-2H3,(H,25,29)(H,26,30)(H,27,28)/t22-/m0/s1. The van der Waals surface area contributed by atoms with E-state index in [1.807, 2.05) is 42.3 Å². The van der Waals surface area contributed by atoms with Crippen LogP contribution in [0.15, 0.2) is 48.5 Å². The van der Waals surface area contributed by atoms with Crippen LogP contribution in [0, 0.1) is 17.8 Å². The molecule has 3 N–H and O–H groups in total. The normalized spacial score (nSPS) is 12.7. The molecule has 0 bridgehead atoms. The Bertz CT molecular complexity index is 1010. The fourth-order valence-corrected chi connectivity index (χ4v) is 3.66. The summed E-state index contributed by atoms with van der Waals surface area (Å²) >= 11 is 0. The molecule has 0 radical (unpaired) electrons. The van der Waals surface area contributed by atoms with Crippen molar-refractivity contribution in [2.75, 3.05) is 13.2 Å². The molecule has 3 rings (SSSR count). The van der Waals surface area contributed by atoms with E-state index in [-0.39, 0.29) is 25.0 Å². The summed E-state index contributed by atoms with van der Waals surface area (Å²) in [6.45, 7) is 3.60. The number of hydrogen-bond acceptors (Lipinski definition) is 4. The number of alkyl carbamates (subject to hydrolysis) is 1. The van der Waals surface area contributed by atoms with Crippen LogP contribution < -0.4 is 10.6 Å². The SMILES string of the molecule is CC(C)[C@H](NC(=O)OCC1c2ccccc2-c2ccccc21)C(=O)NCC#CC(=O)O. The van der Waals surface area contributed by atoms with Crippen LogP contribution in [0.25, 0.3) is 11.1 Å². The number of carbonyl (C=O) groups excluding carboxylic acids is 2. The first-order valence-electron chi connectivity index (χ1n) is 9.99. The highest BCUT2D eigenvalue weighted by molar-refractivity contribution is 5.88. The number of amides is 2. The van der Waals surface area contributed by atoms with E-state index in [1.54, 1.807) is 13.8 Å². The summed E-state index contributed by atoms with van der Waals surface area (Å²) in [6.07, 6.45) is -0.688. The van der Waals surface area contributed by atoms with Gasteiger partial charge in [0.05, 0.1) is 6.54 Å². The van der Waals surface area contributed by atoms with Gasteiger partial charge in [-0.2, -0.15) is 0 Å². The van der Waals surface area contributed by atoms with E-state index in [2.05, 4.69) is 28.7 Å². The Labute approximate surface area is 180 Å². The van der Waals surface area contributed by atoms with Crippen molar-refractivity contribution in [3.05, 3.63) is 59.7 Å². The third kappa shape index (κ3) is 5.23. The van der Waals surface area contributed by atoms with Crippen LogP contribution in [-0.2, 0) is 14.3 Å². The Kier molecular flexibility index (Phi) is 6.93. The minimum atomic E-state index is -1.27. The highest BCUT2D eigenvalue weighted by atomic mass is 16.5. The van der Waals surface area contributed by atoms with Gasteiger partial charge in [0, 0.05) is 11.8 Å². The molecule has 1 aliphatic rings. The molecule has 0 aromatic heterocycles. The number of fused-ring (bicyclic) bond motifs is 3. The summed E-state index contributed by atoms with van der Waals surface area (Å²) in [5.41, 5.74) is 4.47. The van der Waals surface area contributed by atoms with Crippen molar-refractivity contribution in [3.63, 3.8) is 0 Å². The van der Waals surface area contributed by atoms with Crippen LogP contribution >= 0.6 is 0 Å². The Morgan fingerprint density at radius 1 is 1.03 bits per heavy atom. The molecule has 0 saturated heterocycles. The van der Waals surface area contributed by atoms with Gasteiger partial charge in [0.2, 0.25) is 5.91 Å². The molecule has 2 aromatic rings. The maximum Gasteiger partial charge on any atom is 0.407 e. The molecule has 0 spiro atoms. The smallest absolute Gasteiger partial charge is 0.407 e. The first-order valence-corrected chi connectivity index (χ1v) is 9.99. The molecule has 2 amide bonds. The van der Waals surface area contributed by atoms with E-state index in [0.29, 0.717) is 0 Å². The second-order valence-electron chi connectivity index (χ2n) is 7.52. The van der Waals surface area contributed by atoms with Crippen molar-refractivity contribution in [1.82, 2.24) is 10.6 Å². The van der Waals surface area contributed by atoms with E-state index in [0.717, 1.165) is 22.3 Å². The topological polar surface area (TPSA) is 105 Å². The number of carboxylic acids is 1. The van der Waals surface area contributed by atoms with Gasteiger partial charge in [-0.25, -0.2) is 9.59 Å². The minimum Gasteiger partial charge on any atom is -0.472 e. The van der Waals surface area contributed by atoms with Gasteiger partial charge in [0.25, 0.3) is 0 Å². The maximum absolute atomic E-state index is 12.4. The van der Waals surface area contributed by atoms with Crippen LogP contribution in [0.3, 0.4) is 0 Å². The van der Waals surface area contributed by atoms with Gasteiger partial charge in [-0.05, 0) is 28.2 Å². The van der Waals surface area contributed by atoms with Crippen molar-refractivity contribution in [3.8, 4) is 23.0 Å². The second-order valence-corrected chi connectivity index (χ2v) is 7.52.